The molecule has 1 fully saturated rings. The first-order chi connectivity index (χ1) is 9.54. The maximum atomic E-state index is 11.9. The molecule has 5 heteroatoms. The third kappa shape index (κ3) is 2.92. The molecule has 0 bridgehead atoms. The number of carbonyl (C=O) groups is 3. The van der Waals surface area contributed by atoms with Gasteiger partial charge in [-0.05, 0) is 31.1 Å². The Hall–Kier alpha value is -1.65. The van der Waals surface area contributed by atoms with Gasteiger partial charge < -0.3 is 9.84 Å². The van der Waals surface area contributed by atoms with E-state index in [9.17, 15) is 14.4 Å². The maximum Gasteiger partial charge on any atom is 0.318 e. The molecule has 0 aromatic carbocycles. The molecular formula is C15H20O5. The summed E-state index contributed by atoms with van der Waals surface area (Å²) in [4.78, 5) is 34.3. The normalized spacial score (nSPS) is 32.0. The lowest BCUT2D eigenvalue weighted by Gasteiger charge is -2.30. The van der Waals surface area contributed by atoms with Crippen LogP contribution in [-0.4, -0.2) is 23.0 Å². The zero-order chi connectivity index (χ0) is 14.7. The predicted octanol–water partition coefficient (Wildman–Crippen LogP) is 2.16. The highest BCUT2D eigenvalue weighted by Crippen LogP contribution is 2.43. The van der Waals surface area contributed by atoms with Crippen molar-refractivity contribution in [3.8, 4) is 0 Å². The van der Waals surface area contributed by atoms with Crippen LogP contribution in [0.4, 0.5) is 0 Å². The van der Waals surface area contributed by atoms with Crippen LogP contribution < -0.4 is 0 Å². The summed E-state index contributed by atoms with van der Waals surface area (Å²) in [5.74, 6) is -2.49. The van der Waals surface area contributed by atoms with Gasteiger partial charge in [0.15, 0.2) is 0 Å². The summed E-state index contributed by atoms with van der Waals surface area (Å²) >= 11 is 0. The molecule has 1 aliphatic carbocycles. The van der Waals surface area contributed by atoms with Crippen LogP contribution >= 0.6 is 0 Å². The van der Waals surface area contributed by atoms with Crippen molar-refractivity contribution in [3.63, 3.8) is 0 Å². The zero-order valence-electron chi connectivity index (χ0n) is 11.6. The Morgan fingerprint density at radius 1 is 1.15 bits per heavy atom. The number of aliphatic carboxylic acids is 1. The van der Waals surface area contributed by atoms with Crippen molar-refractivity contribution in [2.75, 3.05) is 0 Å². The first-order valence-electron chi connectivity index (χ1n) is 7.20. The molecule has 1 N–H and O–H groups in total. The van der Waals surface area contributed by atoms with Crippen LogP contribution in [0.15, 0.2) is 12.2 Å². The standard InChI is InChI=1S/C15H20O5/c1-2-4-9-7-8-10(5-3-6-11(16)17)13-12(9)14(18)20-15(13)19/h7-10,12-13H,2-6H2,1H3,(H,16,17). The molecule has 110 valence electrons. The first kappa shape index (κ1) is 14.8. The highest BCUT2D eigenvalue weighted by atomic mass is 16.6. The van der Waals surface area contributed by atoms with Gasteiger partial charge in [0, 0.05) is 6.42 Å². The summed E-state index contributed by atoms with van der Waals surface area (Å²) in [6.45, 7) is 2.05. The third-order valence-corrected chi connectivity index (χ3v) is 4.21. The molecule has 4 unspecified atom stereocenters. The fourth-order valence-electron chi connectivity index (χ4n) is 3.31. The first-order valence-corrected chi connectivity index (χ1v) is 7.20. The molecule has 0 radical (unpaired) electrons. The number of allylic oxidation sites excluding steroid dienone is 2. The van der Waals surface area contributed by atoms with Crippen LogP contribution in [0, 0.1) is 23.7 Å². The molecule has 1 heterocycles. The van der Waals surface area contributed by atoms with Crippen molar-refractivity contribution in [2.24, 2.45) is 23.7 Å². The van der Waals surface area contributed by atoms with Crippen LogP contribution in [-0.2, 0) is 19.1 Å². The second kappa shape index (κ2) is 6.20. The molecule has 0 amide bonds. The molecule has 1 aliphatic heterocycles. The van der Waals surface area contributed by atoms with Crippen LogP contribution in [0.25, 0.3) is 0 Å². The zero-order valence-corrected chi connectivity index (χ0v) is 11.6. The second-order valence-electron chi connectivity index (χ2n) is 5.58. The number of rotatable bonds is 6. The van der Waals surface area contributed by atoms with E-state index in [-0.39, 0.29) is 24.2 Å². The van der Waals surface area contributed by atoms with Gasteiger partial charge in [0.05, 0.1) is 11.8 Å². The summed E-state index contributed by atoms with van der Waals surface area (Å²) in [5.41, 5.74) is 0. The Balaban J connectivity index is 2.10. The largest absolute Gasteiger partial charge is 0.481 e. The predicted molar refractivity (Wildman–Crippen MR) is 70.6 cm³/mol. The summed E-state index contributed by atoms with van der Waals surface area (Å²) in [5, 5.41) is 8.67. The maximum absolute atomic E-state index is 11.9. The average molecular weight is 280 g/mol. The molecule has 20 heavy (non-hydrogen) atoms. The minimum atomic E-state index is -0.838. The van der Waals surface area contributed by atoms with Crippen molar-refractivity contribution in [3.05, 3.63) is 12.2 Å². The number of cyclic esters (lactones) is 2. The number of fused-ring (bicyclic) bond motifs is 1. The van der Waals surface area contributed by atoms with E-state index in [2.05, 4.69) is 0 Å². The number of ether oxygens (including phenoxy) is 1. The number of esters is 2. The van der Waals surface area contributed by atoms with Gasteiger partial charge in [-0.2, -0.15) is 0 Å². The van der Waals surface area contributed by atoms with E-state index < -0.39 is 23.8 Å². The summed E-state index contributed by atoms with van der Waals surface area (Å²) in [6, 6.07) is 0. The van der Waals surface area contributed by atoms with E-state index in [1.165, 1.54) is 0 Å². The lowest BCUT2D eigenvalue weighted by molar-refractivity contribution is -0.154. The highest BCUT2D eigenvalue weighted by Gasteiger charge is 2.51. The van der Waals surface area contributed by atoms with Gasteiger partial charge >= 0.3 is 17.9 Å². The fourth-order valence-corrected chi connectivity index (χ4v) is 3.31. The van der Waals surface area contributed by atoms with Crippen molar-refractivity contribution < 1.29 is 24.2 Å². The Morgan fingerprint density at radius 2 is 1.70 bits per heavy atom. The quantitative estimate of drug-likeness (QED) is 0.458. The van der Waals surface area contributed by atoms with E-state index in [0.29, 0.717) is 12.8 Å². The molecule has 4 atom stereocenters. The van der Waals surface area contributed by atoms with Gasteiger partial charge in [-0.1, -0.05) is 25.5 Å². The Labute approximate surface area is 118 Å². The number of hydrogen-bond donors (Lipinski definition) is 1. The van der Waals surface area contributed by atoms with Crippen LogP contribution in [0.1, 0.15) is 39.0 Å². The topological polar surface area (TPSA) is 80.7 Å². The Kier molecular flexibility index (Phi) is 4.57. The van der Waals surface area contributed by atoms with Gasteiger partial charge in [-0.25, -0.2) is 0 Å². The van der Waals surface area contributed by atoms with Gasteiger partial charge in [0.1, 0.15) is 0 Å². The summed E-state index contributed by atoms with van der Waals surface area (Å²) in [7, 11) is 0. The molecule has 0 aromatic heterocycles. The van der Waals surface area contributed by atoms with Crippen LogP contribution in [0.2, 0.25) is 0 Å². The molecule has 2 aliphatic rings. The van der Waals surface area contributed by atoms with E-state index in [0.717, 1.165) is 12.8 Å². The van der Waals surface area contributed by atoms with Gasteiger partial charge in [-0.15, -0.1) is 0 Å². The molecule has 0 saturated carbocycles. The molecule has 1 saturated heterocycles. The smallest absolute Gasteiger partial charge is 0.318 e. The van der Waals surface area contributed by atoms with Crippen molar-refractivity contribution >= 4 is 17.9 Å². The van der Waals surface area contributed by atoms with E-state index in [4.69, 9.17) is 9.84 Å². The van der Waals surface area contributed by atoms with Gasteiger partial charge in [0.25, 0.3) is 0 Å². The Bertz CT molecular complexity index is 440. The third-order valence-electron chi connectivity index (χ3n) is 4.21. The number of carbonyl (C=O) groups excluding carboxylic acids is 2. The monoisotopic (exact) mass is 280 g/mol. The average Bonchev–Trinajstić information content (AvgIpc) is 2.68. The van der Waals surface area contributed by atoms with E-state index in [1.807, 2.05) is 19.1 Å². The summed E-state index contributed by atoms with van der Waals surface area (Å²) < 4.78 is 4.81. The van der Waals surface area contributed by atoms with Crippen molar-refractivity contribution in [1.29, 1.82) is 0 Å². The SMILES string of the molecule is CCCC1C=CC(CCCC(=O)O)C2C(=O)OC(=O)C12. The highest BCUT2D eigenvalue weighted by molar-refractivity contribution is 5.97. The minimum Gasteiger partial charge on any atom is -0.481 e. The lowest BCUT2D eigenvalue weighted by Crippen LogP contribution is -2.33. The molecule has 0 spiro atoms. The summed E-state index contributed by atoms with van der Waals surface area (Å²) in [6.07, 6.45) is 6.99. The number of carboxylic acids is 1. The molecule has 5 nitrogen and oxygen atoms in total. The van der Waals surface area contributed by atoms with Crippen LogP contribution in [0.3, 0.4) is 0 Å². The molecule has 2 rings (SSSR count). The Morgan fingerprint density at radius 3 is 2.20 bits per heavy atom. The number of hydrogen-bond acceptors (Lipinski definition) is 4. The molecule has 0 aromatic rings. The molecular weight excluding hydrogens is 260 g/mol. The van der Waals surface area contributed by atoms with Crippen molar-refractivity contribution in [2.45, 2.75) is 39.0 Å². The van der Waals surface area contributed by atoms with Crippen LogP contribution in [0.5, 0.6) is 0 Å². The lowest BCUT2D eigenvalue weighted by atomic mass is 9.69. The van der Waals surface area contributed by atoms with Gasteiger partial charge in [0.2, 0.25) is 0 Å². The van der Waals surface area contributed by atoms with E-state index in [1.54, 1.807) is 0 Å². The van der Waals surface area contributed by atoms with Gasteiger partial charge in [-0.3, -0.25) is 14.4 Å². The number of carboxylic acid groups (broad SMARTS) is 1. The van der Waals surface area contributed by atoms with Crippen molar-refractivity contribution in [1.82, 2.24) is 0 Å². The minimum absolute atomic E-state index is 0.0691. The second-order valence-corrected chi connectivity index (χ2v) is 5.58. The fraction of sp³-hybridized carbons (Fsp3) is 0.667. The van der Waals surface area contributed by atoms with E-state index >= 15 is 0 Å².